The van der Waals surface area contributed by atoms with E-state index in [1.54, 1.807) is 0 Å². The van der Waals surface area contributed by atoms with Crippen molar-refractivity contribution in [2.45, 2.75) is 25.7 Å². The van der Waals surface area contributed by atoms with Gasteiger partial charge in [0.15, 0.2) is 0 Å². The van der Waals surface area contributed by atoms with Crippen LogP contribution in [0.5, 0.6) is 0 Å². The molecule has 1 aliphatic carbocycles. The monoisotopic (exact) mass is 222 g/mol. The van der Waals surface area contributed by atoms with Crippen LogP contribution in [0.3, 0.4) is 0 Å². The average molecular weight is 223 g/mol. The normalized spacial score (nSPS) is 19.9. The summed E-state index contributed by atoms with van der Waals surface area (Å²) in [6.45, 7) is 0. The van der Waals surface area contributed by atoms with Gasteiger partial charge in [-0.1, -0.05) is 17.7 Å². The van der Waals surface area contributed by atoms with Crippen LogP contribution in [-0.2, 0) is 4.57 Å². The third-order valence-corrected chi connectivity index (χ3v) is 2.98. The van der Waals surface area contributed by atoms with Gasteiger partial charge in [-0.25, -0.2) is 0 Å². The smallest absolute Gasteiger partial charge is 0.321 e. The average Bonchev–Trinajstić information content (AvgIpc) is 2.03. The van der Waals surface area contributed by atoms with Crippen LogP contribution in [0.2, 0.25) is 0 Å². The highest BCUT2D eigenvalue weighted by molar-refractivity contribution is 7.55. The van der Waals surface area contributed by atoms with Crippen LogP contribution < -0.4 is 0 Å². The van der Waals surface area contributed by atoms with Crippen LogP contribution in [0.1, 0.15) is 25.7 Å². The van der Waals surface area contributed by atoms with E-state index in [1.165, 1.54) is 0 Å². The number of rotatable bonds is 2. The molecule has 0 spiro atoms. The molecule has 0 atom stereocenters. The van der Waals surface area contributed by atoms with E-state index in [0.29, 0.717) is 0 Å². The lowest BCUT2D eigenvalue weighted by Gasteiger charge is -2.11. The second-order valence-electron chi connectivity index (χ2n) is 3.04. The molecule has 0 aromatic heterocycles. The molecule has 0 aromatic rings. The maximum Gasteiger partial charge on any atom is 0.350 e. The highest BCUT2D eigenvalue weighted by Crippen LogP contribution is 2.41. The molecule has 2 N–H and O–H groups in total. The Morgan fingerprint density at radius 3 is 2.69 bits per heavy atom. The summed E-state index contributed by atoms with van der Waals surface area (Å²) in [5, 5.41) is 0.202. The molecule has 1 aliphatic rings. The number of hydrogen-bond acceptors (Lipinski definition) is 1. The molecule has 0 saturated carbocycles. The summed E-state index contributed by atoms with van der Waals surface area (Å²) in [4.78, 5) is 17.3. The van der Waals surface area contributed by atoms with Gasteiger partial charge in [0.05, 0.1) is 5.03 Å². The summed E-state index contributed by atoms with van der Waals surface area (Å²) in [5.41, 5.74) is 0.858. The maximum absolute atomic E-state index is 10.6. The highest BCUT2D eigenvalue weighted by Gasteiger charge is 2.13. The molecule has 13 heavy (non-hydrogen) atoms. The maximum atomic E-state index is 10.6. The summed E-state index contributed by atoms with van der Waals surface area (Å²) in [5.74, 6) is 0.825. The highest BCUT2D eigenvalue weighted by atomic mass is 35.5. The summed E-state index contributed by atoms with van der Waals surface area (Å²) in [6, 6.07) is 0. The third-order valence-electron chi connectivity index (χ3n) is 1.88. The Bertz CT molecular complexity index is 290. The predicted molar refractivity (Wildman–Crippen MR) is 52.5 cm³/mol. The first-order valence-electron chi connectivity index (χ1n) is 4.12. The zero-order valence-electron chi connectivity index (χ0n) is 7.11. The molecule has 74 valence electrons. The van der Waals surface area contributed by atoms with E-state index in [0.717, 1.165) is 37.1 Å². The van der Waals surface area contributed by atoms with Gasteiger partial charge in [-0.15, -0.1) is 0 Å². The van der Waals surface area contributed by atoms with Gasteiger partial charge in [-0.2, -0.15) is 0 Å². The molecule has 0 aromatic carbocycles. The van der Waals surface area contributed by atoms with Crippen LogP contribution in [0.4, 0.5) is 0 Å². The largest absolute Gasteiger partial charge is 0.350 e. The zero-order chi connectivity index (χ0) is 9.90. The Labute approximate surface area is 82.3 Å². The van der Waals surface area contributed by atoms with Crippen molar-refractivity contribution in [1.29, 1.82) is 0 Å². The molecule has 0 amide bonds. The minimum absolute atomic E-state index is 0.202. The second kappa shape index (κ2) is 4.43. The first-order valence-corrected chi connectivity index (χ1v) is 6.18. The topological polar surface area (TPSA) is 57.5 Å². The Kier molecular flexibility index (Phi) is 3.74. The summed E-state index contributed by atoms with van der Waals surface area (Å²) in [7, 11) is -4.12. The van der Waals surface area contributed by atoms with Crippen LogP contribution in [0.25, 0.3) is 0 Å². The first kappa shape index (κ1) is 11.0. The predicted octanol–water partition coefficient (Wildman–Crippen LogP) is 2.74. The standard InChI is InChI=1S/C8H12ClO3P/c9-8(6-13(10,11)12)7-4-2-1-3-5-7/h4,6H,1-3,5H2,(H2,10,11,12)/b8-6-. The molecule has 0 heterocycles. The fourth-order valence-corrected chi connectivity index (χ4v) is 2.30. The third kappa shape index (κ3) is 4.10. The lowest BCUT2D eigenvalue weighted by molar-refractivity contribution is 0.386. The van der Waals surface area contributed by atoms with Crippen molar-refractivity contribution in [2.24, 2.45) is 0 Å². The van der Waals surface area contributed by atoms with Crippen molar-refractivity contribution in [3.05, 3.63) is 22.5 Å². The van der Waals surface area contributed by atoms with Crippen LogP contribution in [0, 0.1) is 0 Å². The van der Waals surface area contributed by atoms with Crippen molar-refractivity contribution in [2.75, 3.05) is 0 Å². The van der Waals surface area contributed by atoms with Gasteiger partial charge in [0, 0.05) is 5.82 Å². The first-order chi connectivity index (χ1) is 5.99. The van der Waals surface area contributed by atoms with Gasteiger partial charge in [0.2, 0.25) is 0 Å². The number of halogens is 1. The van der Waals surface area contributed by atoms with E-state index in [9.17, 15) is 4.57 Å². The van der Waals surface area contributed by atoms with Crippen molar-refractivity contribution in [3.63, 3.8) is 0 Å². The van der Waals surface area contributed by atoms with Gasteiger partial charge in [-0.3, -0.25) is 4.57 Å². The minimum Gasteiger partial charge on any atom is -0.321 e. The number of hydrogen-bond donors (Lipinski definition) is 2. The molecule has 0 radical (unpaired) electrons. The van der Waals surface area contributed by atoms with Crippen molar-refractivity contribution in [3.8, 4) is 0 Å². The molecular formula is C8H12ClO3P. The van der Waals surface area contributed by atoms with E-state index < -0.39 is 7.60 Å². The van der Waals surface area contributed by atoms with Crippen molar-refractivity contribution < 1.29 is 14.4 Å². The lowest BCUT2D eigenvalue weighted by Crippen LogP contribution is -1.91. The summed E-state index contributed by atoms with van der Waals surface area (Å²) in [6.07, 6.45) is 5.87. The molecule has 0 fully saturated rings. The fourth-order valence-electron chi connectivity index (χ4n) is 1.29. The van der Waals surface area contributed by atoms with Crippen LogP contribution in [0.15, 0.2) is 22.5 Å². The Morgan fingerprint density at radius 1 is 1.54 bits per heavy atom. The molecule has 0 unspecified atom stereocenters. The molecule has 1 rings (SSSR count). The zero-order valence-corrected chi connectivity index (χ0v) is 8.76. The van der Waals surface area contributed by atoms with E-state index in [4.69, 9.17) is 21.4 Å². The van der Waals surface area contributed by atoms with Crippen LogP contribution in [-0.4, -0.2) is 9.79 Å². The van der Waals surface area contributed by atoms with E-state index >= 15 is 0 Å². The lowest BCUT2D eigenvalue weighted by atomic mass is 10.00. The van der Waals surface area contributed by atoms with Gasteiger partial charge >= 0.3 is 7.60 Å². The molecule has 0 aliphatic heterocycles. The fraction of sp³-hybridized carbons (Fsp3) is 0.500. The van der Waals surface area contributed by atoms with E-state index in [1.807, 2.05) is 6.08 Å². The number of allylic oxidation sites excluding steroid dienone is 3. The quantitative estimate of drug-likeness (QED) is 0.707. The molecule has 5 heteroatoms. The molecular weight excluding hydrogens is 211 g/mol. The van der Waals surface area contributed by atoms with Crippen molar-refractivity contribution in [1.82, 2.24) is 0 Å². The van der Waals surface area contributed by atoms with Gasteiger partial charge in [0.1, 0.15) is 0 Å². The minimum atomic E-state index is -4.12. The SMILES string of the molecule is O=P(O)(O)/C=C(\Cl)C1=CCCCC1. The van der Waals surface area contributed by atoms with E-state index in [-0.39, 0.29) is 5.03 Å². The van der Waals surface area contributed by atoms with E-state index in [2.05, 4.69) is 0 Å². The van der Waals surface area contributed by atoms with Gasteiger partial charge in [0.25, 0.3) is 0 Å². The summed E-state index contributed by atoms with van der Waals surface area (Å²) >= 11 is 5.74. The molecule has 0 saturated heterocycles. The Morgan fingerprint density at radius 2 is 2.23 bits per heavy atom. The van der Waals surface area contributed by atoms with Crippen molar-refractivity contribution >= 4 is 19.2 Å². The molecule has 0 bridgehead atoms. The second-order valence-corrected chi connectivity index (χ2v) is 4.88. The Balaban J connectivity index is 2.77. The van der Waals surface area contributed by atoms with Crippen LogP contribution >= 0.6 is 19.2 Å². The molecule has 3 nitrogen and oxygen atoms in total. The van der Waals surface area contributed by atoms with Gasteiger partial charge < -0.3 is 9.79 Å². The van der Waals surface area contributed by atoms with Gasteiger partial charge in [-0.05, 0) is 31.3 Å². The summed E-state index contributed by atoms with van der Waals surface area (Å²) < 4.78 is 10.6. The Hall–Kier alpha value is -0.0800.